The smallest absolute Gasteiger partial charge is 0.410 e. The van der Waals surface area contributed by atoms with E-state index in [1.165, 1.54) is 6.20 Å². The van der Waals surface area contributed by atoms with Gasteiger partial charge in [-0.1, -0.05) is 11.6 Å². The van der Waals surface area contributed by atoms with Crippen molar-refractivity contribution >= 4 is 23.7 Å². The quantitative estimate of drug-likeness (QED) is 0.680. The first-order chi connectivity index (χ1) is 10.3. The van der Waals surface area contributed by atoms with Gasteiger partial charge in [0.05, 0.1) is 11.9 Å². The average molecular weight is 330 g/mol. The summed E-state index contributed by atoms with van der Waals surface area (Å²) < 4.78 is 10.1. The van der Waals surface area contributed by atoms with E-state index in [-0.39, 0.29) is 18.1 Å². The lowest BCUT2D eigenvalue weighted by molar-refractivity contribution is 0.0292. The van der Waals surface area contributed by atoms with Crippen LogP contribution >= 0.6 is 11.6 Å². The Morgan fingerprint density at radius 3 is 2.86 bits per heavy atom. The summed E-state index contributed by atoms with van der Waals surface area (Å²) in [5, 5.41) is 6.72. The summed E-state index contributed by atoms with van der Waals surface area (Å²) in [6.07, 6.45) is 1.79. The van der Waals surface area contributed by atoms with E-state index in [0.29, 0.717) is 24.3 Å². The van der Waals surface area contributed by atoms with Gasteiger partial charge >= 0.3 is 12.1 Å². The van der Waals surface area contributed by atoms with Gasteiger partial charge in [0, 0.05) is 19.0 Å². The van der Waals surface area contributed by atoms with Crippen molar-refractivity contribution in [2.45, 2.75) is 38.7 Å². The Hall–Kier alpha value is -1.76. The number of nitrogens with zero attached hydrogens (tertiary/aromatic N) is 2. The Morgan fingerprint density at radius 1 is 1.50 bits per heavy atom. The molecule has 0 aromatic carbocycles. The first-order valence-corrected chi connectivity index (χ1v) is 7.59. The molecule has 1 unspecified atom stereocenters. The van der Waals surface area contributed by atoms with Gasteiger partial charge in [0.25, 0.3) is 0 Å². The molecule has 0 bridgehead atoms. The standard InChI is InChI=1S/C14H20ClN3O4/c1-14(2,3)22-13(20)18-5-4-9(7-18)11-10(6-16-17-11)12(19)21-8-15/h6,9H,4-5,7-8H2,1-3H3,(H,16,17). The van der Waals surface area contributed by atoms with E-state index >= 15 is 0 Å². The molecule has 1 N–H and O–H groups in total. The van der Waals surface area contributed by atoms with Crippen LogP contribution in [0, 0.1) is 0 Å². The molecular formula is C14H20ClN3O4. The van der Waals surface area contributed by atoms with E-state index in [1.54, 1.807) is 4.90 Å². The molecule has 7 nitrogen and oxygen atoms in total. The second-order valence-corrected chi connectivity index (χ2v) is 6.37. The van der Waals surface area contributed by atoms with Crippen LogP contribution in [0.25, 0.3) is 0 Å². The summed E-state index contributed by atoms with van der Waals surface area (Å²) in [6.45, 7) is 6.52. The van der Waals surface area contributed by atoms with Crippen LogP contribution < -0.4 is 0 Å². The number of alkyl halides is 1. The van der Waals surface area contributed by atoms with E-state index in [2.05, 4.69) is 10.2 Å². The number of aromatic amines is 1. The zero-order chi connectivity index (χ0) is 16.3. The first kappa shape index (κ1) is 16.6. The molecule has 1 aromatic rings. The summed E-state index contributed by atoms with van der Waals surface area (Å²) in [6, 6.07) is -0.210. The largest absolute Gasteiger partial charge is 0.446 e. The molecule has 1 amide bonds. The number of halogens is 1. The molecule has 1 fully saturated rings. The van der Waals surface area contributed by atoms with Crippen molar-refractivity contribution in [3.8, 4) is 0 Å². The second-order valence-electron chi connectivity index (χ2n) is 6.15. The van der Waals surface area contributed by atoms with Gasteiger partial charge < -0.3 is 14.4 Å². The maximum atomic E-state index is 12.1. The number of carbonyl (C=O) groups excluding carboxylic acids is 2. The van der Waals surface area contributed by atoms with Crippen LogP contribution in [0.3, 0.4) is 0 Å². The normalized spacial score (nSPS) is 18.4. The van der Waals surface area contributed by atoms with Crippen LogP contribution in [-0.2, 0) is 9.47 Å². The predicted octanol–water partition coefficient (Wildman–Crippen LogP) is 2.49. The topological polar surface area (TPSA) is 84.5 Å². The second kappa shape index (κ2) is 6.56. The molecule has 1 aliphatic rings. The lowest BCUT2D eigenvalue weighted by atomic mass is 10.0. The van der Waals surface area contributed by atoms with Gasteiger partial charge in [-0.3, -0.25) is 5.10 Å². The van der Waals surface area contributed by atoms with Crippen LogP contribution in [-0.4, -0.2) is 51.9 Å². The lowest BCUT2D eigenvalue weighted by Crippen LogP contribution is -2.35. The molecule has 8 heteroatoms. The molecule has 1 atom stereocenters. The number of nitrogens with one attached hydrogen (secondary N) is 1. The van der Waals surface area contributed by atoms with Crippen LogP contribution in [0.4, 0.5) is 4.79 Å². The maximum Gasteiger partial charge on any atom is 0.410 e. The predicted molar refractivity (Wildman–Crippen MR) is 79.9 cm³/mol. The van der Waals surface area contributed by atoms with Gasteiger partial charge in [-0.05, 0) is 27.2 Å². The highest BCUT2D eigenvalue weighted by molar-refractivity contribution is 6.17. The summed E-state index contributed by atoms with van der Waals surface area (Å²) in [5.74, 6) is -0.526. The zero-order valence-corrected chi connectivity index (χ0v) is 13.6. The molecule has 22 heavy (non-hydrogen) atoms. The van der Waals surface area contributed by atoms with Gasteiger partial charge in [0.1, 0.15) is 11.2 Å². The van der Waals surface area contributed by atoms with Crippen molar-refractivity contribution in [3.05, 3.63) is 17.5 Å². The minimum Gasteiger partial charge on any atom is -0.446 e. The number of ether oxygens (including phenoxy) is 2. The molecule has 1 aliphatic heterocycles. The third-order valence-electron chi connectivity index (χ3n) is 3.32. The lowest BCUT2D eigenvalue weighted by Gasteiger charge is -2.24. The fourth-order valence-corrected chi connectivity index (χ4v) is 2.48. The summed E-state index contributed by atoms with van der Waals surface area (Å²) in [4.78, 5) is 25.5. The van der Waals surface area contributed by atoms with Crippen LogP contribution in [0.1, 0.15) is 49.2 Å². The molecule has 0 saturated carbocycles. The number of rotatable bonds is 3. The molecule has 0 spiro atoms. The highest BCUT2D eigenvalue weighted by Gasteiger charge is 2.33. The number of carbonyl (C=O) groups is 2. The fraction of sp³-hybridized carbons (Fsp3) is 0.643. The number of hydrogen-bond donors (Lipinski definition) is 1. The molecule has 1 saturated heterocycles. The van der Waals surface area contributed by atoms with E-state index < -0.39 is 11.6 Å². The van der Waals surface area contributed by atoms with E-state index in [9.17, 15) is 9.59 Å². The number of likely N-dealkylation sites (tertiary alicyclic amines) is 1. The van der Waals surface area contributed by atoms with Crippen molar-refractivity contribution in [1.29, 1.82) is 0 Å². The van der Waals surface area contributed by atoms with Crippen molar-refractivity contribution in [2.24, 2.45) is 0 Å². The number of H-pyrrole nitrogens is 1. The Bertz CT molecular complexity index is 553. The van der Waals surface area contributed by atoms with Crippen molar-refractivity contribution < 1.29 is 19.1 Å². The van der Waals surface area contributed by atoms with Crippen molar-refractivity contribution in [3.63, 3.8) is 0 Å². The van der Waals surface area contributed by atoms with Crippen LogP contribution in [0.15, 0.2) is 6.20 Å². The highest BCUT2D eigenvalue weighted by atomic mass is 35.5. The first-order valence-electron chi connectivity index (χ1n) is 7.06. The van der Waals surface area contributed by atoms with Gasteiger partial charge in [0.2, 0.25) is 0 Å². The molecule has 0 radical (unpaired) electrons. The number of amides is 1. The molecule has 0 aliphatic carbocycles. The van der Waals surface area contributed by atoms with Gasteiger partial charge in [-0.25, -0.2) is 9.59 Å². The van der Waals surface area contributed by atoms with Gasteiger partial charge in [0.15, 0.2) is 6.07 Å². The van der Waals surface area contributed by atoms with Crippen LogP contribution in [0.2, 0.25) is 0 Å². The summed E-state index contributed by atoms with van der Waals surface area (Å²) in [5.41, 5.74) is 0.497. The minimum absolute atomic E-state index is 0.00658. The molecule has 122 valence electrons. The molecule has 2 heterocycles. The monoisotopic (exact) mass is 329 g/mol. The third-order valence-corrected chi connectivity index (χ3v) is 3.43. The Balaban J connectivity index is 2.03. The minimum atomic E-state index is -0.529. The molecular weight excluding hydrogens is 310 g/mol. The summed E-state index contributed by atoms with van der Waals surface area (Å²) >= 11 is 5.41. The van der Waals surface area contributed by atoms with E-state index in [4.69, 9.17) is 21.1 Å². The molecule has 2 rings (SSSR count). The Morgan fingerprint density at radius 2 is 2.23 bits per heavy atom. The van der Waals surface area contributed by atoms with Crippen molar-refractivity contribution in [1.82, 2.24) is 15.1 Å². The van der Waals surface area contributed by atoms with Gasteiger partial charge in [-0.2, -0.15) is 5.10 Å². The zero-order valence-electron chi connectivity index (χ0n) is 12.9. The number of esters is 1. The van der Waals surface area contributed by atoms with Gasteiger partial charge in [-0.15, -0.1) is 0 Å². The maximum absolute atomic E-state index is 12.1. The highest BCUT2D eigenvalue weighted by Crippen LogP contribution is 2.29. The fourth-order valence-electron chi connectivity index (χ4n) is 2.39. The van der Waals surface area contributed by atoms with Crippen LogP contribution in [0.5, 0.6) is 0 Å². The third kappa shape index (κ3) is 3.91. The van der Waals surface area contributed by atoms with E-state index in [1.807, 2.05) is 20.8 Å². The molecule has 1 aromatic heterocycles. The van der Waals surface area contributed by atoms with Crippen molar-refractivity contribution in [2.75, 3.05) is 19.2 Å². The average Bonchev–Trinajstić information content (AvgIpc) is 3.06. The summed E-state index contributed by atoms with van der Waals surface area (Å²) in [7, 11) is 0. The number of aromatic nitrogens is 2. The Kier molecular flexibility index (Phi) is 4.95. The SMILES string of the molecule is CC(C)(C)OC(=O)N1CCC(c2[nH]ncc2C(=O)OCCl)C1. The van der Waals surface area contributed by atoms with E-state index in [0.717, 1.165) is 6.42 Å². The number of hydrogen-bond acceptors (Lipinski definition) is 5. The Labute approximate surface area is 133 Å².